The fraction of sp³-hybridized carbons (Fsp3) is 0.533. The first-order valence-corrected chi connectivity index (χ1v) is 6.83. The number of hydrogen-bond donors (Lipinski definition) is 2. The lowest BCUT2D eigenvalue weighted by molar-refractivity contribution is 0.187. The molecule has 112 valence electrons. The molecule has 0 fully saturated rings. The van der Waals surface area contributed by atoms with Crippen molar-refractivity contribution >= 4 is 6.03 Å². The standard InChI is InChI=1S/C15H24N2O3/c1-11(2)20-14-7-5-6-13(10-14)12(3)16-15(19)17(4)8-9-18/h5-7,10-12,18H,8-9H2,1-4H3,(H,16,19). The van der Waals surface area contributed by atoms with Crippen LogP contribution in [0.4, 0.5) is 4.79 Å². The number of rotatable bonds is 6. The number of urea groups is 1. The molecule has 2 amide bonds. The molecule has 0 saturated heterocycles. The van der Waals surface area contributed by atoms with Gasteiger partial charge in [-0.05, 0) is 38.5 Å². The van der Waals surface area contributed by atoms with Crippen molar-refractivity contribution in [3.05, 3.63) is 29.8 Å². The van der Waals surface area contributed by atoms with Gasteiger partial charge in [-0.2, -0.15) is 0 Å². The second kappa shape index (κ2) is 7.75. The van der Waals surface area contributed by atoms with E-state index in [4.69, 9.17) is 9.84 Å². The number of nitrogens with one attached hydrogen (secondary N) is 1. The Kier molecular flexibility index (Phi) is 6.31. The fourth-order valence-corrected chi connectivity index (χ4v) is 1.76. The highest BCUT2D eigenvalue weighted by Gasteiger charge is 2.13. The second-order valence-corrected chi connectivity index (χ2v) is 5.06. The van der Waals surface area contributed by atoms with Crippen molar-refractivity contribution in [2.24, 2.45) is 0 Å². The molecule has 0 radical (unpaired) electrons. The van der Waals surface area contributed by atoms with Crippen LogP contribution < -0.4 is 10.1 Å². The molecule has 1 atom stereocenters. The zero-order chi connectivity index (χ0) is 15.1. The normalized spacial score (nSPS) is 12.1. The minimum absolute atomic E-state index is 0.0456. The molecule has 0 aliphatic rings. The van der Waals surface area contributed by atoms with Crippen LogP contribution in [0.5, 0.6) is 5.75 Å². The van der Waals surface area contributed by atoms with Crippen LogP contribution in [-0.4, -0.2) is 42.3 Å². The number of aliphatic hydroxyl groups excluding tert-OH is 1. The smallest absolute Gasteiger partial charge is 0.317 e. The van der Waals surface area contributed by atoms with Crippen molar-refractivity contribution in [1.82, 2.24) is 10.2 Å². The second-order valence-electron chi connectivity index (χ2n) is 5.06. The van der Waals surface area contributed by atoms with Crippen LogP contribution in [0, 0.1) is 0 Å². The number of aliphatic hydroxyl groups is 1. The molecule has 5 heteroatoms. The Morgan fingerprint density at radius 3 is 2.70 bits per heavy atom. The van der Waals surface area contributed by atoms with Crippen LogP contribution in [0.15, 0.2) is 24.3 Å². The van der Waals surface area contributed by atoms with Gasteiger partial charge in [0.05, 0.1) is 18.8 Å². The van der Waals surface area contributed by atoms with Crippen LogP contribution in [0.25, 0.3) is 0 Å². The number of benzene rings is 1. The summed E-state index contributed by atoms with van der Waals surface area (Å²) >= 11 is 0. The molecular weight excluding hydrogens is 256 g/mol. The third kappa shape index (κ3) is 5.09. The lowest BCUT2D eigenvalue weighted by Crippen LogP contribution is -2.39. The number of ether oxygens (including phenoxy) is 1. The summed E-state index contributed by atoms with van der Waals surface area (Å²) in [5.74, 6) is 0.794. The SMILES string of the molecule is CC(C)Oc1cccc(C(C)NC(=O)N(C)CCO)c1. The van der Waals surface area contributed by atoms with E-state index in [1.807, 2.05) is 45.0 Å². The summed E-state index contributed by atoms with van der Waals surface area (Å²) < 4.78 is 5.64. The van der Waals surface area contributed by atoms with E-state index >= 15 is 0 Å². The predicted molar refractivity (Wildman–Crippen MR) is 78.9 cm³/mol. The average Bonchev–Trinajstić information content (AvgIpc) is 2.38. The molecule has 0 saturated carbocycles. The Balaban J connectivity index is 2.67. The third-order valence-corrected chi connectivity index (χ3v) is 2.85. The molecule has 1 aromatic rings. The third-order valence-electron chi connectivity index (χ3n) is 2.85. The Morgan fingerprint density at radius 2 is 2.10 bits per heavy atom. The summed E-state index contributed by atoms with van der Waals surface area (Å²) in [7, 11) is 1.65. The van der Waals surface area contributed by atoms with E-state index < -0.39 is 0 Å². The number of hydrogen-bond acceptors (Lipinski definition) is 3. The minimum Gasteiger partial charge on any atom is -0.491 e. The molecule has 5 nitrogen and oxygen atoms in total. The van der Waals surface area contributed by atoms with E-state index in [9.17, 15) is 4.79 Å². The quantitative estimate of drug-likeness (QED) is 0.839. The molecule has 20 heavy (non-hydrogen) atoms. The topological polar surface area (TPSA) is 61.8 Å². The minimum atomic E-state index is -0.207. The van der Waals surface area contributed by atoms with E-state index in [1.165, 1.54) is 4.90 Å². The number of carbonyl (C=O) groups excluding carboxylic acids is 1. The first kappa shape index (κ1) is 16.3. The monoisotopic (exact) mass is 280 g/mol. The molecule has 1 unspecified atom stereocenters. The number of amides is 2. The molecule has 0 aliphatic carbocycles. The molecule has 1 aromatic carbocycles. The molecule has 1 rings (SSSR count). The number of nitrogens with zero attached hydrogens (tertiary/aromatic N) is 1. The molecular formula is C15H24N2O3. The number of carbonyl (C=O) groups is 1. The van der Waals surface area contributed by atoms with Gasteiger partial charge in [0, 0.05) is 13.6 Å². The van der Waals surface area contributed by atoms with Crippen molar-refractivity contribution in [2.45, 2.75) is 32.9 Å². The van der Waals surface area contributed by atoms with Crippen molar-refractivity contribution < 1.29 is 14.6 Å². The maximum absolute atomic E-state index is 11.9. The molecule has 0 heterocycles. The van der Waals surface area contributed by atoms with Gasteiger partial charge >= 0.3 is 6.03 Å². The summed E-state index contributed by atoms with van der Waals surface area (Å²) in [5.41, 5.74) is 0.980. The molecule has 0 bridgehead atoms. The highest BCUT2D eigenvalue weighted by Crippen LogP contribution is 2.20. The first-order chi connectivity index (χ1) is 9.43. The Hall–Kier alpha value is -1.75. The summed E-state index contributed by atoms with van der Waals surface area (Å²) in [6.07, 6.45) is 0.117. The van der Waals surface area contributed by atoms with Crippen molar-refractivity contribution in [1.29, 1.82) is 0 Å². The summed E-state index contributed by atoms with van der Waals surface area (Å²) in [5, 5.41) is 11.7. The van der Waals surface area contributed by atoms with E-state index in [-0.39, 0.29) is 24.8 Å². The van der Waals surface area contributed by atoms with Crippen LogP contribution in [0.2, 0.25) is 0 Å². The van der Waals surface area contributed by atoms with Gasteiger partial charge in [-0.1, -0.05) is 12.1 Å². The fourth-order valence-electron chi connectivity index (χ4n) is 1.76. The van der Waals surface area contributed by atoms with Gasteiger partial charge in [0.25, 0.3) is 0 Å². The number of likely N-dealkylation sites (N-methyl/N-ethyl adjacent to an activating group) is 1. The van der Waals surface area contributed by atoms with E-state index in [0.717, 1.165) is 11.3 Å². The lowest BCUT2D eigenvalue weighted by Gasteiger charge is -2.21. The maximum Gasteiger partial charge on any atom is 0.317 e. The van der Waals surface area contributed by atoms with Crippen molar-refractivity contribution in [3.8, 4) is 5.75 Å². The molecule has 0 aromatic heterocycles. The van der Waals surface area contributed by atoms with Gasteiger partial charge in [0.2, 0.25) is 0 Å². The predicted octanol–water partition coefficient (Wildman–Crippen LogP) is 2.17. The highest BCUT2D eigenvalue weighted by molar-refractivity contribution is 5.74. The first-order valence-electron chi connectivity index (χ1n) is 6.83. The van der Waals surface area contributed by atoms with Crippen LogP contribution in [0.1, 0.15) is 32.4 Å². The van der Waals surface area contributed by atoms with Gasteiger partial charge in [-0.15, -0.1) is 0 Å². The average molecular weight is 280 g/mol. The molecule has 2 N–H and O–H groups in total. The van der Waals surface area contributed by atoms with Gasteiger partial charge < -0.3 is 20.1 Å². The lowest BCUT2D eigenvalue weighted by atomic mass is 10.1. The zero-order valence-electron chi connectivity index (χ0n) is 12.6. The summed E-state index contributed by atoms with van der Waals surface area (Å²) in [4.78, 5) is 13.3. The van der Waals surface area contributed by atoms with E-state index in [0.29, 0.717) is 6.54 Å². The zero-order valence-corrected chi connectivity index (χ0v) is 12.6. The van der Waals surface area contributed by atoms with E-state index in [1.54, 1.807) is 7.05 Å². The summed E-state index contributed by atoms with van der Waals surface area (Å²) in [6.45, 7) is 6.13. The van der Waals surface area contributed by atoms with Gasteiger partial charge in [-0.25, -0.2) is 4.79 Å². The van der Waals surface area contributed by atoms with Gasteiger partial charge in [-0.3, -0.25) is 0 Å². The van der Waals surface area contributed by atoms with E-state index in [2.05, 4.69) is 5.32 Å². The maximum atomic E-state index is 11.9. The molecule has 0 spiro atoms. The highest BCUT2D eigenvalue weighted by atomic mass is 16.5. The summed E-state index contributed by atoms with van der Waals surface area (Å²) in [6, 6.07) is 7.35. The largest absolute Gasteiger partial charge is 0.491 e. The Morgan fingerprint density at radius 1 is 1.40 bits per heavy atom. The molecule has 0 aliphatic heterocycles. The Bertz CT molecular complexity index is 435. The van der Waals surface area contributed by atoms with Gasteiger partial charge in [0.1, 0.15) is 5.75 Å². The Labute approximate surface area is 120 Å². The van der Waals surface area contributed by atoms with Crippen LogP contribution in [0.3, 0.4) is 0 Å². The van der Waals surface area contributed by atoms with Gasteiger partial charge in [0.15, 0.2) is 0 Å². The van der Waals surface area contributed by atoms with Crippen LogP contribution in [-0.2, 0) is 0 Å². The van der Waals surface area contributed by atoms with Crippen molar-refractivity contribution in [3.63, 3.8) is 0 Å². The van der Waals surface area contributed by atoms with Crippen LogP contribution >= 0.6 is 0 Å². The van der Waals surface area contributed by atoms with Crippen molar-refractivity contribution in [2.75, 3.05) is 20.2 Å².